The van der Waals surface area contributed by atoms with Gasteiger partial charge >= 0.3 is 0 Å². The molecule has 7 nitrogen and oxygen atoms in total. The van der Waals surface area contributed by atoms with Crippen LogP contribution in [0.15, 0.2) is 42.5 Å². The summed E-state index contributed by atoms with van der Waals surface area (Å²) in [5, 5.41) is 9.45. The summed E-state index contributed by atoms with van der Waals surface area (Å²) < 4.78 is 0. The first-order chi connectivity index (χ1) is 10.6. The third-order valence-electron chi connectivity index (χ3n) is 3.08. The van der Waals surface area contributed by atoms with E-state index >= 15 is 0 Å². The fraction of sp³-hybridized carbons (Fsp3) is 0. The first kappa shape index (κ1) is 13.6. The number of carbonyl (C=O) groups is 1. The molecule has 3 rings (SSSR count). The second-order valence-corrected chi connectivity index (χ2v) is 4.58. The molecule has 1 radical (unpaired) electrons. The average molecular weight is 293 g/mol. The number of carbonyl (C=O) groups excluding carboxylic acids is 1. The van der Waals surface area contributed by atoms with Crippen LogP contribution < -0.4 is 16.8 Å². The molecule has 0 bridgehead atoms. The predicted octanol–water partition coefficient (Wildman–Crippen LogP) is 1.70. The molecule has 1 heterocycles. The number of hydrogen-bond donors (Lipinski definition) is 4. The Labute approximate surface area is 126 Å². The summed E-state index contributed by atoms with van der Waals surface area (Å²) in [5.41, 5.74) is 13.7. The Morgan fingerprint density at radius 3 is 2.64 bits per heavy atom. The Bertz CT molecular complexity index is 809. The lowest BCUT2D eigenvalue weighted by Crippen LogP contribution is -2.12. The van der Waals surface area contributed by atoms with Crippen molar-refractivity contribution in [2.24, 2.45) is 5.73 Å². The van der Waals surface area contributed by atoms with Crippen molar-refractivity contribution < 1.29 is 4.79 Å². The number of nitrogens with two attached hydrogens (primary N) is 2. The van der Waals surface area contributed by atoms with Crippen molar-refractivity contribution in [1.82, 2.24) is 15.2 Å². The third kappa shape index (κ3) is 2.73. The Morgan fingerprint density at radius 1 is 1.23 bits per heavy atom. The van der Waals surface area contributed by atoms with Gasteiger partial charge in [0.25, 0.3) is 0 Å². The van der Waals surface area contributed by atoms with Crippen LogP contribution in [0.5, 0.6) is 0 Å². The summed E-state index contributed by atoms with van der Waals surface area (Å²) in [7, 11) is 0. The highest BCUT2D eigenvalue weighted by molar-refractivity contribution is 5.99. The maximum atomic E-state index is 11.5. The number of benzene rings is 2. The van der Waals surface area contributed by atoms with Crippen LogP contribution in [-0.4, -0.2) is 21.1 Å². The minimum Gasteiger partial charge on any atom is -0.368 e. The van der Waals surface area contributed by atoms with Gasteiger partial charge < -0.3 is 16.8 Å². The van der Waals surface area contributed by atoms with E-state index in [-0.39, 0.29) is 5.95 Å². The molecular weight excluding hydrogens is 280 g/mol. The van der Waals surface area contributed by atoms with E-state index in [2.05, 4.69) is 26.6 Å². The summed E-state index contributed by atoms with van der Waals surface area (Å²) in [6, 6.07) is 15.4. The standard InChI is InChI=1S/C15H13N6O/c16-13(22)12-4-2-1-3-11(12)9-5-7-10(8-6-9)18-15-19-14(17)20-21-15/h1,3-8H,(H2,16,22)(H4,17,18,19,20,21). The average Bonchev–Trinajstić information content (AvgIpc) is 2.93. The number of amides is 1. The van der Waals surface area contributed by atoms with Crippen molar-refractivity contribution >= 4 is 23.5 Å². The van der Waals surface area contributed by atoms with E-state index in [4.69, 9.17) is 11.5 Å². The molecule has 0 aliphatic carbocycles. The molecular formula is C15H13N6O. The minimum atomic E-state index is -0.481. The zero-order valence-electron chi connectivity index (χ0n) is 11.5. The molecule has 3 aromatic rings. The fourth-order valence-electron chi connectivity index (χ4n) is 2.08. The van der Waals surface area contributed by atoms with E-state index < -0.39 is 5.91 Å². The molecule has 109 valence electrons. The van der Waals surface area contributed by atoms with Crippen LogP contribution in [0.4, 0.5) is 17.6 Å². The van der Waals surface area contributed by atoms with Crippen LogP contribution in [0, 0.1) is 6.07 Å². The van der Waals surface area contributed by atoms with Gasteiger partial charge in [-0.1, -0.05) is 24.3 Å². The van der Waals surface area contributed by atoms with Gasteiger partial charge in [0, 0.05) is 11.3 Å². The highest BCUT2D eigenvalue weighted by Gasteiger charge is 2.09. The first-order valence-electron chi connectivity index (χ1n) is 6.49. The van der Waals surface area contributed by atoms with Gasteiger partial charge in [-0.25, -0.2) is 5.10 Å². The predicted molar refractivity (Wildman–Crippen MR) is 83.3 cm³/mol. The van der Waals surface area contributed by atoms with Gasteiger partial charge in [-0.3, -0.25) is 4.79 Å². The summed E-state index contributed by atoms with van der Waals surface area (Å²) in [4.78, 5) is 15.4. The van der Waals surface area contributed by atoms with Crippen molar-refractivity contribution in [3.63, 3.8) is 0 Å². The SMILES string of the molecule is NC(=O)c1c[c]ccc1-c1ccc(Nc2n[nH]c(N)n2)cc1. The lowest BCUT2D eigenvalue weighted by molar-refractivity contribution is 0.100. The van der Waals surface area contributed by atoms with Gasteiger partial charge in [-0.15, -0.1) is 5.10 Å². The number of anilines is 3. The molecule has 0 aliphatic heterocycles. The number of aromatic nitrogens is 3. The number of nitrogen functional groups attached to an aromatic ring is 1. The number of nitrogens with one attached hydrogen (secondary N) is 2. The molecule has 0 saturated heterocycles. The molecule has 0 aliphatic rings. The number of primary amides is 1. The Hall–Kier alpha value is -3.35. The quantitative estimate of drug-likeness (QED) is 0.583. The zero-order chi connectivity index (χ0) is 15.5. The minimum absolute atomic E-state index is 0.241. The van der Waals surface area contributed by atoms with Gasteiger partial charge in [-0.05, 0) is 35.4 Å². The highest BCUT2D eigenvalue weighted by Crippen LogP contribution is 2.25. The Balaban J connectivity index is 1.87. The van der Waals surface area contributed by atoms with E-state index in [1.807, 2.05) is 24.3 Å². The highest BCUT2D eigenvalue weighted by atomic mass is 16.1. The normalized spacial score (nSPS) is 10.4. The number of rotatable bonds is 4. The van der Waals surface area contributed by atoms with Crippen molar-refractivity contribution in [1.29, 1.82) is 0 Å². The number of nitrogens with zero attached hydrogens (tertiary/aromatic N) is 2. The summed E-state index contributed by atoms with van der Waals surface area (Å²) in [5.74, 6) is 0.147. The number of hydrogen-bond acceptors (Lipinski definition) is 5. The van der Waals surface area contributed by atoms with Gasteiger partial charge in [0.15, 0.2) is 0 Å². The fourth-order valence-corrected chi connectivity index (χ4v) is 2.08. The maximum absolute atomic E-state index is 11.5. The number of aromatic amines is 1. The van der Waals surface area contributed by atoms with Crippen LogP contribution in [0.2, 0.25) is 0 Å². The molecule has 0 saturated carbocycles. The lowest BCUT2D eigenvalue weighted by atomic mass is 9.99. The molecule has 2 aromatic carbocycles. The van der Waals surface area contributed by atoms with Crippen molar-refractivity contribution in [2.45, 2.75) is 0 Å². The van der Waals surface area contributed by atoms with Gasteiger partial charge in [-0.2, -0.15) is 4.98 Å². The maximum Gasteiger partial charge on any atom is 0.249 e. The molecule has 0 fully saturated rings. The van der Waals surface area contributed by atoms with Crippen LogP contribution in [0.1, 0.15) is 10.4 Å². The van der Waals surface area contributed by atoms with E-state index in [0.29, 0.717) is 11.5 Å². The third-order valence-corrected chi connectivity index (χ3v) is 3.08. The molecule has 1 aromatic heterocycles. The summed E-state index contributed by atoms with van der Waals surface area (Å²) >= 11 is 0. The second kappa shape index (κ2) is 5.57. The zero-order valence-corrected chi connectivity index (χ0v) is 11.5. The molecule has 6 N–H and O–H groups in total. The Morgan fingerprint density at radius 2 is 2.00 bits per heavy atom. The van der Waals surface area contributed by atoms with Crippen molar-refractivity contribution in [3.8, 4) is 11.1 Å². The lowest BCUT2D eigenvalue weighted by Gasteiger charge is -2.08. The van der Waals surface area contributed by atoms with Crippen LogP contribution in [-0.2, 0) is 0 Å². The molecule has 0 spiro atoms. The number of H-pyrrole nitrogens is 1. The Kier molecular flexibility index (Phi) is 3.45. The van der Waals surface area contributed by atoms with E-state index in [1.54, 1.807) is 18.2 Å². The van der Waals surface area contributed by atoms with Gasteiger partial charge in [0.05, 0.1) is 0 Å². The van der Waals surface area contributed by atoms with E-state index in [9.17, 15) is 4.79 Å². The van der Waals surface area contributed by atoms with Crippen LogP contribution in [0.3, 0.4) is 0 Å². The molecule has 0 atom stereocenters. The van der Waals surface area contributed by atoms with Crippen molar-refractivity contribution in [2.75, 3.05) is 11.1 Å². The van der Waals surface area contributed by atoms with Crippen LogP contribution in [0.25, 0.3) is 11.1 Å². The van der Waals surface area contributed by atoms with Crippen LogP contribution >= 0.6 is 0 Å². The van der Waals surface area contributed by atoms with Crippen molar-refractivity contribution in [3.05, 3.63) is 54.1 Å². The molecule has 7 heteroatoms. The molecule has 22 heavy (non-hydrogen) atoms. The van der Waals surface area contributed by atoms with E-state index in [1.165, 1.54) is 0 Å². The van der Waals surface area contributed by atoms with E-state index in [0.717, 1.165) is 16.8 Å². The monoisotopic (exact) mass is 293 g/mol. The van der Waals surface area contributed by atoms with Gasteiger partial charge in [0.2, 0.25) is 17.8 Å². The summed E-state index contributed by atoms with van der Waals surface area (Å²) in [6.45, 7) is 0. The molecule has 0 unspecified atom stereocenters. The topological polar surface area (TPSA) is 123 Å². The first-order valence-corrected chi connectivity index (χ1v) is 6.49. The van der Waals surface area contributed by atoms with Gasteiger partial charge in [0.1, 0.15) is 0 Å². The summed E-state index contributed by atoms with van der Waals surface area (Å²) in [6.07, 6.45) is 0. The second-order valence-electron chi connectivity index (χ2n) is 4.58. The molecule has 1 amide bonds. The smallest absolute Gasteiger partial charge is 0.249 e. The largest absolute Gasteiger partial charge is 0.368 e.